The number of rotatable bonds is 5. The molecule has 0 spiro atoms. The maximum absolute atomic E-state index is 10.3. The van der Waals surface area contributed by atoms with Crippen LogP contribution in [0.15, 0.2) is 67.3 Å². The van der Waals surface area contributed by atoms with E-state index in [1.807, 2.05) is 30.3 Å². The van der Waals surface area contributed by atoms with Crippen molar-refractivity contribution < 1.29 is 19.4 Å². The number of ether oxygens (including phenoxy) is 2. The van der Waals surface area contributed by atoms with Gasteiger partial charge in [0.2, 0.25) is 0 Å². The molecule has 122 valence electrons. The molecule has 4 heteroatoms. The van der Waals surface area contributed by atoms with Crippen LogP contribution in [-0.4, -0.2) is 30.9 Å². The van der Waals surface area contributed by atoms with Gasteiger partial charge in [-0.05, 0) is 30.2 Å². The Labute approximate surface area is 137 Å². The van der Waals surface area contributed by atoms with Crippen LogP contribution >= 0.6 is 0 Å². The SMILES string of the molecule is C=CC(=O)OC(C)CO.COc1ccc(-c2ccccc2)cc1. The molecule has 2 aromatic carbocycles. The third-order valence-corrected chi connectivity index (χ3v) is 2.94. The Bertz CT molecular complexity index is 591. The molecule has 0 aliphatic heterocycles. The Kier molecular flexibility index (Phi) is 8.18. The van der Waals surface area contributed by atoms with Crippen molar-refractivity contribution in [2.24, 2.45) is 0 Å². The lowest BCUT2D eigenvalue weighted by atomic mass is 10.1. The highest BCUT2D eigenvalue weighted by Crippen LogP contribution is 2.21. The van der Waals surface area contributed by atoms with Gasteiger partial charge in [0.15, 0.2) is 0 Å². The van der Waals surface area contributed by atoms with Gasteiger partial charge in [-0.25, -0.2) is 4.79 Å². The summed E-state index contributed by atoms with van der Waals surface area (Å²) in [5, 5.41) is 8.37. The van der Waals surface area contributed by atoms with Crippen LogP contribution in [0, 0.1) is 0 Å². The number of carbonyl (C=O) groups excluding carboxylic acids is 1. The van der Waals surface area contributed by atoms with Crippen molar-refractivity contribution in [1.82, 2.24) is 0 Å². The number of carbonyl (C=O) groups is 1. The summed E-state index contributed by atoms with van der Waals surface area (Å²) < 4.78 is 9.65. The second kappa shape index (κ2) is 10.2. The molecule has 0 aromatic heterocycles. The zero-order valence-electron chi connectivity index (χ0n) is 13.4. The van der Waals surface area contributed by atoms with E-state index in [1.165, 1.54) is 11.1 Å². The van der Waals surface area contributed by atoms with E-state index in [2.05, 4.69) is 35.6 Å². The monoisotopic (exact) mass is 314 g/mol. The normalized spacial score (nSPS) is 10.7. The van der Waals surface area contributed by atoms with Gasteiger partial charge in [0.25, 0.3) is 0 Å². The Morgan fingerprint density at radius 1 is 1.13 bits per heavy atom. The minimum atomic E-state index is -0.503. The van der Waals surface area contributed by atoms with E-state index in [0.29, 0.717) is 0 Å². The first-order valence-corrected chi connectivity index (χ1v) is 7.24. The first kappa shape index (κ1) is 18.5. The number of aliphatic hydroxyl groups excluding tert-OH is 1. The molecule has 2 aromatic rings. The first-order chi connectivity index (χ1) is 11.1. The topological polar surface area (TPSA) is 55.8 Å². The molecular weight excluding hydrogens is 292 g/mol. The third kappa shape index (κ3) is 6.80. The summed E-state index contributed by atoms with van der Waals surface area (Å²) in [4.78, 5) is 10.3. The fourth-order valence-electron chi connectivity index (χ4n) is 1.70. The first-order valence-electron chi connectivity index (χ1n) is 7.24. The van der Waals surface area contributed by atoms with Crippen molar-refractivity contribution in [3.8, 4) is 16.9 Å². The minimum Gasteiger partial charge on any atom is -0.497 e. The molecule has 23 heavy (non-hydrogen) atoms. The van der Waals surface area contributed by atoms with E-state index >= 15 is 0 Å². The fourth-order valence-corrected chi connectivity index (χ4v) is 1.70. The van der Waals surface area contributed by atoms with Gasteiger partial charge in [0, 0.05) is 6.08 Å². The molecule has 0 heterocycles. The minimum absolute atomic E-state index is 0.153. The number of hydrogen-bond acceptors (Lipinski definition) is 4. The number of aliphatic hydroxyl groups is 1. The molecule has 0 aliphatic rings. The molecule has 0 saturated carbocycles. The quantitative estimate of drug-likeness (QED) is 0.678. The van der Waals surface area contributed by atoms with Crippen molar-refractivity contribution in [3.05, 3.63) is 67.3 Å². The highest BCUT2D eigenvalue weighted by atomic mass is 16.5. The summed E-state index contributed by atoms with van der Waals surface area (Å²) in [6, 6.07) is 18.4. The number of methoxy groups -OCH3 is 1. The Morgan fingerprint density at radius 3 is 2.17 bits per heavy atom. The predicted octanol–water partition coefficient (Wildman–Crippen LogP) is 3.46. The van der Waals surface area contributed by atoms with Crippen molar-refractivity contribution >= 4 is 5.97 Å². The zero-order chi connectivity index (χ0) is 17.1. The lowest BCUT2D eigenvalue weighted by molar-refractivity contribution is -0.143. The van der Waals surface area contributed by atoms with E-state index in [4.69, 9.17) is 9.84 Å². The van der Waals surface area contributed by atoms with E-state index in [9.17, 15) is 4.79 Å². The van der Waals surface area contributed by atoms with Crippen molar-refractivity contribution in [1.29, 1.82) is 0 Å². The Morgan fingerprint density at radius 2 is 1.70 bits per heavy atom. The Balaban J connectivity index is 0.000000257. The average molecular weight is 314 g/mol. The summed E-state index contributed by atoms with van der Waals surface area (Å²) in [5.41, 5.74) is 2.45. The largest absolute Gasteiger partial charge is 0.497 e. The van der Waals surface area contributed by atoms with Crippen LogP contribution in [-0.2, 0) is 9.53 Å². The van der Waals surface area contributed by atoms with Crippen LogP contribution in [0.1, 0.15) is 6.92 Å². The van der Waals surface area contributed by atoms with Crippen molar-refractivity contribution in [2.45, 2.75) is 13.0 Å². The molecule has 0 aliphatic carbocycles. The van der Waals surface area contributed by atoms with Crippen LogP contribution in [0.5, 0.6) is 5.75 Å². The summed E-state index contributed by atoms with van der Waals surface area (Å²) >= 11 is 0. The van der Waals surface area contributed by atoms with Gasteiger partial charge in [0.1, 0.15) is 11.9 Å². The second-order valence-electron chi connectivity index (χ2n) is 4.73. The molecule has 2 rings (SSSR count). The smallest absolute Gasteiger partial charge is 0.330 e. The fraction of sp³-hybridized carbons (Fsp3) is 0.211. The van der Waals surface area contributed by atoms with Crippen LogP contribution in [0.2, 0.25) is 0 Å². The summed E-state index contributed by atoms with van der Waals surface area (Å²) in [6.07, 6.45) is 0.627. The number of hydrogen-bond donors (Lipinski definition) is 1. The molecule has 0 saturated heterocycles. The lowest BCUT2D eigenvalue weighted by Crippen LogP contribution is -2.16. The molecule has 0 fully saturated rings. The van der Waals surface area contributed by atoms with Crippen LogP contribution in [0.25, 0.3) is 11.1 Å². The molecule has 1 N–H and O–H groups in total. The van der Waals surface area contributed by atoms with Gasteiger partial charge < -0.3 is 14.6 Å². The van der Waals surface area contributed by atoms with Gasteiger partial charge in [-0.2, -0.15) is 0 Å². The standard InChI is InChI=1S/C13H12O.C6H10O3/c1-14-13-9-7-12(8-10-13)11-5-3-2-4-6-11;1-3-6(8)9-5(2)4-7/h2-10H,1H3;3,5,7H,1,4H2,2H3. The van der Waals surface area contributed by atoms with Gasteiger partial charge in [-0.15, -0.1) is 0 Å². The van der Waals surface area contributed by atoms with Crippen LogP contribution in [0.3, 0.4) is 0 Å². The summed E-state index contributed by atoms with van der Waals surface area (Å²) in [6.45, 7) is 4.64. The van der Waals surface area contributed by atoms with Gasteiger partial charge in [-0.1, -0.05) is 49.0 Å². The summed E-state index contributed by atoms with van der Waals surface area (Å²) in [7, 11) is 1.68. The molecule has 0 radical (unpaired) electrons. The van der Waals surface area contributed by atoms with E-state index < -0.39 is 12.1 Å². The average Bonchev–Trinajstić information content (AvgIpc) is 2.62. The molecular formula is C19H22O4. The summed E-state index contributed by atoms with van der Waals surface area (Å²) in [5.74, 6) is 0.390. The molecule has 1 atom stereocenters. The van der Waals surface area contributed by atoms with Crippen molar-refractivity contribution in [3.63, 3.8) is 0 Å². The highest BCUT2D eigenvalue weighted by molar-refractivity contribution is 5.81. The van der Waals surface area contributed by atoms with Gasteiger partial charge >= 0.3 is 5.97 Å². The zero-order valence-corrected chi connectivity index (χ0v) is 13.4. The van der Waals surface area contributed by atoms with E-state index in [1.54, 1.807) is 14.0 Å². The Hall–Kier alpha value is -2.59. The molecule has 0 bridgehead atoms. The van der Waals surface area contributed by atoms with Crippen molar-refractivity contribution in [2.75, 3.05) is 13.7 Å². The molecule has 4 nitrogen and oxygen atoms in total. The van der Waals surface area contributed by atoms with E-state index in [-0.39, 0.29) is 6.61 Å². The maximum Gasteiger partial charge on any atom is 0.330 e. The highest BCUT2D eigenvalue weighted by Gasteiger charge is 2.02. The van der Waals surface area contributed by atoms with Gasteiger partial charge in [-0.3, -0.25) is 0 Å². The third-order valence-electron chi connectivity index (χ3n) is 2.94. The second-order valence-corrected chi connectivity index (χ2v) is 4.73. The molecule has 1 unspecified atom stereocenters. The van der Waals surface area contributed by atoms with Gasteiger partial charge in [0.05, 0.1) is 13.7 Å². The van der Waals surface area contributed by atoms with E-state index in [0.717, 1.165) is 11.8 Å². The number of benzene rings is 2. The maximum atomic E-state index is 10.3. The van der Waals surface area contributed by atoms with Crippen LogP contribution < -0.4 is 4.74 Å². The number of esters is 1. The van der Waals surface area contributed by atoms with Crippen LogP contribution in [0.4, 0.5) is 0 Å². The predicted molar refractivity (Wildman–Crippen MR) is 91.3 cm³/mol. The molecule has 0 amide bonds. The lowest BCUT2D eigenvalue weighted by Gasteiger charge is -2.06.